The van der Waals surface area contributed by atoms with Crippen molar-refractivity contribution < 1.29 is 19.1 Å². The maximum Gasteiger partial charge on any atom is 0.332 e. The molecule has 11 nitrogen and oxygen atoms in total. The van der Waals surface area contributed by atoms with E-state index in [0.29, 0.717) is 22.2 Å². The quantitative estimate of drug-likeness (QED) is 0.387. The van der Waals surface area contributed by atoms with E-state index in [9.17, 15) is 19.2 Å². The van der Waals surface area contributed by atoms with Gasteiger partial charge in [0.25, 0.3) is 11.5 Å². The molecule has 35 heavy (non-hydrogen) atoms. The van der Waals surface area contributed by atoms with Gasteiger partial charge in [-0.05, 0) is 30.3 Å². The number of anilines is 1. The number of halogens is 1. The van der Waals surface area contributed by atoms with Gasteiger partial charge in [-0.1, -0.05) is 29.8 Å². The number of aromatic nitrogens is 4. The lowest BCUT2D eigenvalue weighted by molar-refractivity contribution is -0.147. The molecule has 2 heterocycles. The van der Waals surface area contributed by atoms with Crippen LogP contribution >= 0.6 is 11.6 Å². The lowest BCUT2D eigenvalue weighted by atomic mass is 10.2. The summed E-state index contributed by atoms with van der Waals surface area (Å²) in [6, 6.07) is 13.7. The highest BCUT2D eigenvalue weighted by Crippen LogP contribution is 2.32. The van der Waals surface area contributed by atoms with Gasteiger partial charge in [0.2, 0.25) is 0 Å². The first kappa shape index (κ1) is 23.8. The maximum atomic E-state index is 12.5. The molecule has 4 rings (SSSR count). The van der Waals surface area contributed by atoms with Crippen molar-refractivity contribution >= 4 is 40.3 Å². The Morgan fingerprint density at radius 2 is 1.80 bits per heavy atom. The van der Waals surface area contributed by atoms with E-state index in [1.54, 1.807) is 24.3 Å². The van der Waals surface area contributed by atoms with Crippen molar-refractivity contribution in [2.45, 2.75) is 6.54 Å². The molecule has 0 atom stereocenters. The number of hydrogen-bond acceptors (Lipinski definition) is 7. The fourth-order valence-corrected chi connectivity index (χ4v) is 3.51. The van der Waals surface area contributed by atoms with Gasteiger partial charge in [0, 0.05) is 19.1 Å². The summed E-state index contributed by atoms with van der Waals surface area (Å²) in [6.07, 6.45) is 1.26. The Hall–Kier alpha value is -4.38. The van der Waals surface area contributed by atoms with Crippen molar-refractivity contribution in [2.75, 3.05) is 11.9 Å². The minimum Gasteiger partial charge on any atom is -0.455 e. The molecule has 0 aliphatic heterocycles. The van der Waals surface area contributed by atoms with Gasteiger partial charge in [-0.15, -0.1) is 0 Å². The Bertz CT molecular complexity index is 1540. The van der Waals surface area contributed by atoms with Gasteiger partial charge in [0.1, 0.15) is 12.3 Å². The molecule has 2 aromatic heterocycles. The van der Waals surface area contributed by atoms with Crippen molar-refractivity contribution in [3.63, 3.8) is 0 Å². The van der Waals surface area contributed by atoms with Gasteiger partial charge in [-0.2, -0.15) is 0 Å². The summed E-state index contributed by atoms with van der Waals surface area (Å²) in [5, 5.41) is 2.99. The molecule has 0 aliphatic rings. The number of rotatable bonds is 7. The van der Waals surface area contributed by atoms with Crippen LogP contribution in [0.4, 0.5) is 5.69 Å². The number of fused-ring (bicyclic) bond motifs is 1. The number of imidazole rings is 1. The fourth-order valence-electron chi connectivity index (χ4n) is 3.34. The summed E-state index contributed by atoms with van der Waals surface area (Å²) in [7, 11) is 2.80. The number of carbonyl (C=O) groups is 2. The molecule has 0 saturated carbocycles. The molecule has 0 radical (unpaired) electrons. The second-order valence-electron chi connectivity index (χ2n) is 7.51. The fraction of sp³-hybridized carbons (Fsp3) is 0.174. The van der Waals surface area contributed by atoms with E-state index in [1.807, 2.05) is 18.2 Å². The molecule has 0 aliphatic carbocycles. The molecular weight excluding hydrogens is 478 g/mol. The molecule has 1 amide bonds. The Kier molecular flexibility index (Phi) is 6.69. The average molecular weight is 498 g/mol. The highest BCUT2D eigenvalue weighted by atomic mass is 35.5. The van der Waals surface area contributed by atoms with Gasteiger partial charge < -0.3 is 19.4 Å². The molecule has 0 fully saturated rings. The predicted molar refractivity (Wildman–Crippen MR) is 128 cm³/mol. The molecule has 4 aromatic rings. The first-order valence-corrected chi connectivity index (χ1v) is 10.7. The van der Waals surface area contributed by atoms with E-state index >= 15 is 0 Å². The number of nitrogens with zero attached hydrogens (tertiary/aromatic N) is 4. The van der Waals surface area contributed by atoms with Gasteiger partial charge >= 0.3 is 11.7 Å². The van der Waals surface area contributed by atoms with Crippen LogP contribution in [-0.2, 0) is 35.0 Å². The lowest BCUT2D eigenvalue weighted by Crippen LogP contribution is -2.37. The van der Waals surface area contributed by atoms with Crippen LogP contribution in [0.25, 0.3) is 11.2 Å². The minimum atomic E-state index is -0.776. The molecule has 0 unspecified atom stereocenters. The Labute approximate surface area is 203 Å². The number of nitrogens with one attached hydrogen (secondary N) is 1. The third-order valence-corrected chi connectivity index (χ3v) is 5.30. The number of carbonyl (C=O) groups excluding carboxylic acids is 2. The highest BCUT2D eigenvalue weighted by molar-refractivity contribution is 6.31. The summed E-state index contributed by atoms with van der Waals surface area (Å²) >= 11 is 6.05. The summed E-state index contributed by atoms with van der Waals surface area (Å²) in [5.41, 5.74) is -0.637. The molecular formula is C23H20ClN5O6. The van der Waals surface area contributed by atoms with Crippen molar-refractivity contribution in [3.8, 4) is 11.5 Å². The third kappa shape index (κ3) is 5.09. The summed E-state index contributed by atoms with van der Waals surface area (Å²) in [6.45, 7) is -0.962. The summed E-state index contributed by atoms with van der Waals surface area (Å²) in [4.78, 5) is 53.3. The zero-order valence-electron chi connectivity index (χ0n) is 18.7. The molecule has 2 aromatic carbocycles. The highest BCUT2D eigenvalue weighted by Gasteiger charge is 2.17. The monoisotopic (exact) mass is 497 g/mol. The van der Waals surface area contributed by atoms with E-state index in [4.69, 9.17) is 21.1 Å². The molecule has 12 heteroatoms. The second kappa shape index (κ2) is 9.85. The molecule has 180 valence electrons. The van der Waals surface area contributed by atoms with E-state index in [1.165, 1.54) is 35.6 Å². The molecule has 1 N–H and O–H groups in total. The first-order chi connectivity index (χ1) is 16.7. The zero-order valence-corrected chi connectivity index (χ0v) is 19.5. The van der Waals surface area contributed by atoms with Gasteiger partial charge in [-0.3, -0.25) is 23.5 Å². The summed E-state index contributed by atoms with van der Waals surface area (Å²) < 4.78 is 14.2. The predicted octanol–water partition coefficient (Wildman–Crippen LogP) is 2.06. The van der Waals surface area contributed by atoms with E-state index in [0.717, 1.165) is 4.57 Å². The van der Waals surface area contributed by atoms with Gasteiger partial charge in [0.05, 0.1) is 12.0 Å². The van der Waals surface area contributed by atoms with E-state index in [2.05, 4.69) is 10.3 Å². The van der Waals surface area contributed by atoms with Gasteiger partial charge in [0.15, 0.2) is 23.5 Å². The molecule has 0 saturated heterocycles. The minimum absolute atomic E-state index is 0.0673. The van der Waals surface area contributed by atoms with Crippen LogP contribution in [0, 0.1) is 0 Å². The van der Waals surface area contributed by atoms with Crippen LogP contribution in [0.2, 0.25) is 5.02 Å². The smallest absolute Gasteiger partial charge is 0.332 e. The van der Waals surface area contributed by atoms with Crippen LogP contribution in [-0.4, -0.2) is 37.2 Å². The van der Waals surface area contributed by atoms with Crippen LogP contribution in [0.15, 0.2) is 64.4 Å². The zero-order chi connectivity index (χ0) is 25.1. The number of benzene rings is 2. The SMILES string of the molecule is Cn1c(=O)c2c(ncn2CC(=O)OCC(=O)Nc2cc(Cl)ccc2Oc2ccccc2)n(C)c1=O. The lowest BCUT2D eigenvalue weighted by Gasteiger charge is -2.13. The van der Waals surface area contributed by atoms with Crippen LogP contribution in [0.3, 0.4) is 0 Å². The van der Waals surface area contributed by atoms with E-state index in [-0.39, 0.29) is 17.7 Å². The number of aryl methyl sites for hydroxylation is 1. The number of ether oxygens (including phenoxy) is 2. The number of para-hydroxylation sites is 1. The summed E-state index contributed by atoms with van der Waals surface area (Å²) in [5.74, 6) is -0.478. The number of esters is 1. The molecule has 0 spiro atoms. The van der Waals surface area contributed by atoms with Crippen molar-refractivity contribution in [3.05, 3.63) is 80.7 Å². The van der Waals surface area contributed by atoms with Crippen molar-refractivity contribution in [2.24, 2.45) is 14.1 Å². The van der Waals surface area contributed by atoms with Crippen LogP contribution in [0.1, 0.15) is 0 Å². The number of amides is 1. The maximum absolute atomic E-state index is 12.5. The van der Waals surface area contributed by atoms with Crippen LogP contribution < -0.4 is 21.3 Å². The first-order valence-electron chi connectivity index (χ1n) is 10.3. The number of hydrogen-bond donors (Lipinski definition) is 1. The third-order valence-electron chi connectivity index (χ3n) is 5.07. The van der Waals surface area contributed by atoms with E-state index < -0.39 is 29.7 Å². The second-order valence-corrected chi connectivity index (χ2v) is 7.95. The average Bonchev–Trinajstić information content (AvgIpc) is 3.26. The Morgan fingerprint density at radius 1 is 1.06 bits per heavy atom. The normalized spacial score (nSPS) is 10.8. The van der Waals surface area contributed by atoms with Crippen molar-refractivity contribution in [1.29, 1.82) is 0 Å². The molecule has 0 bridgehead atoms. The standard InChI is InChI=1S/C23H20ClN5O6/c1-27-21-20(22(32)28(2)23(27)33)29(13-25-21)11-19(31)34-12-18(30)26-16-10-14(24)8-9-17(16)35-15-6-4-3-5-7-15/h3-10,13H,11-12H2,1-2H3,(H,26,30). The Morgan fingerprint density at radius 3 is 2.54 bits per heavy atom. The Balaban J connectivity index is 1.42. The van der Waals surface area contributed by atoms with Crippen molar-refractivity contribution in [1.82, 2.24) is 18.7 Å². The largest absolute Gasteiger partial charge is 0.455 e. The van der Waals surface area contributed by atoms with Gasteiger partial charge in [-0.25, -0.2) is 9.78 Å². The van der Waals surface area contributed by atoms with Crippen LogP contribution in [0.5, 0.6) is 11.5 Å². The topological polar surface area (TPSA) is 126 Å².